The molecule has 0 saturated heterocycles. The van der Waals surface area contributed by atoms with Gasteiger partial charge in [0.15, 0.2) is 5.17 Å². The molecule has 0 heterocycles. The molecule has 8 heteroatoms. The standard InChI is InChI=1S/C9H19ClN4O2S/c1-6(8(11-2)16-4)13-7(15)5-17-9(12-3)14-10/h6,8,11H,5H2,1-4H3,(H,12,14)(H,13,15)/t6?,8-/m0/s1. The minimum Gasteiger partial charge on any atom is -0.367 e. The van der Waals surface area contributed by atoms with E-state index in [-0.39, 0.29) is 23.9 Å². The highest BCUT2D eigenvalue weighted by Gasteiger charge is 2.16. The zero-order chi connectivity index (χ0) is 13.3. The first kappa shape index (κ1) is 16.5. The summed E-state index contributed by atoms with van der Waals surface area (Å²) in [6.07, 6.45) is -0.214. The third-order valence-electron chi connectivity index (χ3n) is 2.01. The fraction of sp³-hybridized carbons (Fsp3) is 0.778. The number of rotatable bonds is 6. The van der Waals surface area contributed by atoms with E-state index in [0.717, 1.165) is 0 Å². The van der Waals surface area contributed by atoms with Crippen molar-refractivity contribution in [1.82, 2.24) is 16.0 Å². The van der Waals surface area contributed by atoms with E-state index in [1.807, 2.05) is 6.92 Å². The molecule has 6 nitrogen and oxygen atoms in total. The number of methoxy groups -OCH3 is 1. The molecule has 0 aromatic heterocycles. The van der Waals surface area contributed by atoms with Crippen LogP contribution in [0.2, 0.25) is 0 Å². The lowest BCUT2D eigenvalue weighted by molar-refractivity contribution is -0.120. The lowest BCUT2D eigenvalue weighted by Gasteiger charge is -2.22. The van der Waals surface area contributed by atoms with E-state index in [0.29, 0.717) is 5.17 Å². The second-order valence-corrected chi connectivity index (χ2v) is 4.36. The Labute approximate surface area is 111 Å². The van der Waals surface area contributed by atoms with Crippen LogP contribution in [-0.4, -0.2) is 50.3 Å². The quantitative estimate of drug-likeness (QED) is 0.367. The second-order valence-electron chi connectivity index (χ2n) is 3.23. The molecule has 0 saturated carbocycles. The number of carbonyl (C=O) groups excluding carboxylic acids is 1. The van der Waals surface area contributed by atoms with Crippen molar-refractivity contribution in [1.29, 1.82) is 0 Å². The average molecular weight is 283 g/mol. The number of likely N-dealkylation sites (N-methyl/N-ethyl adjacent to an activating group) is 1. The van der Waals surface area contributed by atoms with E-state index in [1.54, 1.807) is 21.2 Å². The van der Waals surface area contributed by atoms with Crippen LogP contribution in [0.25, 0.3) is 0 Å². The number of halogens is 1. The number of ether oxygens (including phenoxy) is 1. The molecule has 0 aromatic rings. The van der Waals surface area contributed by atoms with Crippen LogP contribution >= 0.6 is 23.5 Å². The van der Waals surface area contributed by atoms with Gasteiger partial charge in [-0.1, -0.05) is 11.8 Å². The molecular formula is C9H19ClN4O2S. The summed E-state index contributed by atoms with van der Waals surface area (Å²) in [5.41, 5.74) is 0. The Morgan fingerprint density at radius 3 is 2.59 bits per heavy atom. The molecule has 1 unspecified atom stereocenters. The molecular weight excluding hydrogens is 264 g/mol. The van der Waals surface area contributed by atoms with E-state index < -0.39 is 0 Å². The van der Waals surface area contributed by atoms with Crippen LogP contribution in [0.4, 0.5) is 0 Å². The average Bonchev–Trinajstić information content (AvgIpc) is 2.31. The van der Waals surface area contributed by atoms with Crippen molar-refractivity contribution in [3.8, 4) is 0 Å². The first-order chi connectivity index (χ1) is 8.08. The van der Waals surface area contributed by atoms with E-state index in [9.17, 15) is 4.79 Å². The molecule has 0 fully saturated rings. The van der Waals surface area contributed by atoms with Crippen molar-refractivity contribution >= 4 is 34.6 Å². The van der Waals surface area contributed by atoms with Crippen molar-refractivity contribution in [3.05, 3.63) is 0 Å². The van der Waals surface area contributed by atoms with Gasteiger partial charge in [-0.3, -0.25) is 10.1 Å². The molecule has 0 aliphatic rings. The Balaban J connectivity index is 4.01. The highest BCUT2D eigenvalue weighted by molar-refractivity contribution is 8.14. The summed E-state index contributed by atoms with van der Waals surface area (Å²) >= 11 is 6.53. The molecule has 0 rings (SSSR count). The predicted molar refractivity (Wildman–Crippen MR) is 72.3 cm³/mol. The van der Waals surface area contributed by atoms with Crippen LogP contribution in [0.3, 0.4) is 0 Å². The second kappa shape index (κ2) is 9.52. The van der Waals surface area contributed by atoms with E-state index >= 15 is 0 Å². The maximum Gasteiger partial charge on any atom is 0.230 e. The van der Waals surface area contributed by atoms with Crippen LogP contribution in [0, 0.1) is 0 Å². The highest BCUT2D eigenvalue weighted by atomic mass is 35.5. The number of amides is 1. The van der Waals surface area contributed by atoms with Crippen LogP contribution in [0.15, 0.2) is 4.51 Å². The summed E-state index contributed by atoms with van der Waals surface area (Å²) in [6.45, 7) is 1.86. The molecule has 0 aromatic carbocycles. The Bertz CT molecular complexity index is 261. The molecule has 17 heavy (non-hydrogen) atoms. The Morgan fingerprint density at radius 1 is 1.53 bits per heavy atom. The van der Waals surface area contributed by atoms with Gasteiger partial charge in [-0.15, -0.1) is 0 Å². The molecule has 100 valence electrons. The summed E-state index contributed by atoms with van der Waals surface area (Å²) in [4.78, 5) is 11.6. The van der Waals surface area contributed by atoms with Crippen molar-refractivity contribution in [3.63, 3.8) is 0 Å². The Hall–Kier alpha value is -0.500. The largest absolute Gasteiger partial charge is 0.367 e. The fourth-order valence-corrected chi connectivity index (χ4v) is 1.99. The zero-order valence-corrected chi connectivity index (χ0v) is 12.0. The van der Waals surface area contributed by atoms with Crippen LogP contribution in [0.1, 0.15) is 6.92 Å². The monoisotopic (exact) mass is 282 g/mol. The van der Waals surface area contributed by atoms with Crippen LogP contribution in [0.5, 0.6) is 0 Å². The first-order valence-electron chi connectivity index (χ1n) is 5.08. The summed E-state index contributed by atoms with van der Waals surface area (Å²) in [5.74, 6) is 0.143. The number of thioether (sulfide) groups is 1. The van der Waals surface area contributed by atoms with Gasteiger partial charge in [0.2, 0.25) is 5.91 Å². The van der Waals surface area contributed by atoms with Crippen molar-refractivity contribution < 1.29 is 9.53 Å². The van der Waals surface area contributed by atoms with Gasteiger partial charge in [0, 0.05) is 25.9 Å². The minimum atomic E-state index is -0.214. The lowest BCUT2D eigenvalue weighted by Crippen LogP contribution is -2.48. The summed E-state index contributed by atoms with van der Waals surface area (Å²) in [5, 5.41) is 9.03. The fourth-order valence-electron chi connectivity index (χ4n) is 1.22. The van der Waals surface area contributed by atoms with Gasteiger partial charge in [-0.2, -0.15) is 4.51 Å². The maximum atomic E-state index is 11.6. The summed E-state index contributed by atoms with van der Waals surface area (Å²) < 4.78 is 8.59. The minimum absolute atomic E-state index is 0.104. The molecule has 0 aliphatic heterocycles. The predicted octanol–water partition coefficient (Wildman–Crippen LogP) is 0.145. The van der Waals surface area contributed by atoms with Gasteiger partial charge in [-0.25, -0.2) is 0 Å². The van der Waals surface area contributed by atoms with E-state index in [1.165, 1.54) is 11.8 Å². The molecule has 2 atom stereocenters. The molecule has 0 spiro atoms. The Kier molecular flexibility index (Phi) is 9.24. The molecule has 0 bridgehead atoms. The number of nitrogens with one attached hydrogen (secondary N) is 3. The zero-order valence-electron chi connectivity index (χ0n) is 10.4. The summed E-state index contributed by atoms with van der Waals surface area (Å²) in [6, 6.07) is -0.121. The van der Waals surface area contributed by atoms with Gasteiger partial charge in [-0.05, 0) is 14.0 Å². The van der Waals surface area contributed by atoms with Crippen molar-refractivity contribution in [2.45, 2.75) is 19.2 Å². The normalized spacial score (nSPS) is 15.2. The molecule has 1 amide bonds. The van der Waals surface area contributed by atoms with Crippen LogP contribution in [-0.2, 0) is 9.53 Å². The summed E-state index contributed by atoms with van der Waals surface area (Å²) in [7, 11) is 5.04. The third kappa shape index (κ3) is 6.72. The first-order valence-corrected chi connectivity index (χ1v) is 6.40. The SMILES string of the molecule is CN/C(=N\Cl)SCC(=O)NC(C)[C@@H](NC)OC. The van der Waals surface area contributed by atoms with E-state index in [2.05, 4.69) is 20.5 Å². The third-order valence-corrected chi connectivity index (χ3v) is 3.26. The molecule has 3 N–H and O–H groups in total. The number of hydrogen-bond acceptors (Lipinski definition) is 5. The van der Waals surface area contributed by atoms with Crippen molar-refractivity contribution in [2.75, 3.05) is 27.0 Å². The van der Waals surface area contributed by atoms with Crippen molar-refractivity contribution in [2.24, 2.45) is 4.51 Å². The van der Waals surface area contributed by atoms with Crippen LogP contribution < -0.4 is 16.0 Å². The topological polar surface area (TPSA) is 74.8 Å². The van der Waals surface area contributed by atoms with Gasteiger partial charge in [0.1, 0.15) is 6.23 Å². The molecule has 0 radical (unpaired) electrons. The van der Waals surface area contributed by atoms with Gasteiger partial charge in [0.05, 0.1) is 11.8 Å². The number of nitrogens with zero attached hydrogens (tertiary/aromatic N) is 1. The number of carbonyl (C=O) groups is 1. The van der Waals surface area contributed by atoms with E-state index in [4.69, 9.17) is 16.5 Å². The highest BCUT2D eigenvalue weighted by Crippen LogP contribution is 2.03. The Morgan fingerprint density at radius 2 is 2.18 bits per heavy atom. The smallest absolute Gasteiger partial charge is 0.230 e. The van der Waals surface area contributed by atoms with Gasteiger partial charge in [0.25, 0.3) is 0 Å². The lowest BCUT2D eigenvalue weighted by atomic mass is 10.3. The van der Waals surface area contributed by atoms with Gasteiger partial charge < -0.3 is 15.4 Å². The maximum absolute atomic E-state index is 11.6. The number of hydrogen-bond donors (Lipinski definition) is 3. The number of amidine groups is 1. The van der Waals surface area contributed by atoms with Gasteiger partial charge >= 0.3 is 0 Å². The molecule has 0 aliphatic carbocycles.